The quantitative estimate of drug-likeness (QED) is 0.539. The molecule has 1 aliphatic heterocycles. The summed E-state index contributed by atoms with van der Waals surface area (Å²) in [4.78, 5) is 6.27. The molecule has 1 aromatic heterocycles. The molecule has 0 unspecified atom stereocenters. The molecule has 0 fully saturated rings. The highest BCUT2D eigenvalue weighted by atomic mass is 35.5. The van der Waals surface area contributed by atoms with Crippen molar-refractivity contribution in [3.63, 3.8) is 0 Å². The first-order valence-corrected chi connectivity index (χ1v) is 9.95. The Morgan fingerprint density at radius 3 is 2.57 bits per heavy atom. The maximum atomic E-state index is 10.6. The molecule has 0 saturated heterocycles. The van der Waals surface area contributed by atoms with E-state index in [0.717, 1.165) is 11.3 Å². The van der Waals surface area contributed by atoms with Crippen LogP contribution in [0.25, 0.3) is 16.8 Å². The van der Waals surface area contributed by atoms with Gasteiger partial charge >= 0.3 is 0 Å². The zero-order valence-corrected chi connectivity index (χ0v) is 17.1. The summed E-state index contributed by atoms with van der Waals surface area (Å²) in [6.45, 7) is 0.153. The molecule has 0 amide bonds. The van der Waals surface area contributed by atoms with Crippen LogP contribution in [0.3, 0.4) is 0 Å². The number of ether oxygens (including phenoxy) is 1. The number of aliphatic hydroxyl groups is 1. The van der Waals surface area contributed by atoms with E-state index >= 15 is 0 Å². The summed E-state index contributed by atoms with van der Waals surface area (Å²) in [5.41, 5.74) is 2.72. The Balaban J connectivity index is 1.67. The van der Waals surface area contributed by atoms with Crippen molar-refractivity contribution in [2.75, 3.05) is 18.6 Å². The van der Waals surface area contributed by atoms with Crippen LogP contribution in [-0.2, 0) is 0 Å². The van der Waals surface area contributed by atoms with E-state index in [1.807, 2.05) is 17.5 Å². The number of methoxy groups -OCH3 is 1. The van der Waals surface area contributed by atoms with Gasteiger partial charge in [0.2, 0.25) is 0 Å². The van der Waals surface area contributed by atoms with E-state index in [9.17, 15) is 5.11 Å². The predicted molar refractivity (Wildman–Crippen MR) is 115 cm³/mol. The number of halogens is 2. The molecule has 0 spiro atoms. The van der Waals surface area contributed by atoms with E-state index in [1.165, 1.54) is 11.3 Å². The molecule has 4 rings (SSSR count). The van der Waals surface area contributed by atoms with Crippen molar-refractivity contribution in [3.8, 4) is 17.0 Å². The highest BCUT2D eigenvalue weighted by molar-refractivity contribution is 7.11. The van der Waals surface area contributed by atoms with Gasteiger partial charge in [-0.1, -0.05) is 35.3 Å². The average molecular weight is 432 g/mol. The van der Waals surface area contributed by atoms with E-state index in [1.54, 1.807) is 42.3 Å². The van der Waals surface area contributed by atoms with Crippen molar-refractivity contribution in [1.82, 2.24) is 4.98 Å². The Kier molecular flexibility index (Phi) is 5.02. The lowest BCUT2D eigenvalue weighted by atomic mass is 10.2. The molecule has 0 radical (unpaired) electrons. The van der Waals surface area contributed by atoms with Crippen LogP contribution in [0.15, 0.2) is 53.6 Å². The zero-order chi connectivity index (χ0) is 19.8. The molecule has 1 aliphatic rings. The molecule has 142 valence electrons. The van der Waals surface area contributed by atoms with Gasteiger partial charge in [-0.05, 0) is 30.3 Å². The summed E-state index contributed by atoms with van der Waals surface area (Å²) in [6, 6.07) is 12.6. The molecule has 2 heterocycles. The van der Waals surface area contributed by atoms with Crippen LogP contribution in [-0.4, -0.2) is 29.6 Å². The third kappa shape index (κ3) is 3.35. The van der Waals surface area contributed by atoms with Gasteiger partial charge in [0.15, 0.2) is 0 Å². The summed E-state index contributed by atoms with van der Waals surface area (Å²) >= 11 is 13.4. The van der Waals surface area contributed by atoms with Crippen LogP contribution >= 0.6 is 34.5 Å². The number of aromatic nitrogens is 1. The van der Waals surface area contributed by atoms with E-state index in [2.05, 4.69) is 4.98 Å². The second-order valence-electron chi connectivity index (χ2n) is 6.12. The zero-order valence-electron chi connectivity index (χ0n) is 14.7. The van der Waals surface area contributed by atoms with Gasteiger partial charge in [-0.15, -0.1) is 11.3 Å². The molecule has 28 heavy (non-hydrogen) atoms. The fourth-order valence-corrected chi connectivity index (χ4v) is 4.21. The molecule has 2 aromatic carbocycles. The predicted octanol–water partition coefficient (Wildman–Crippen LogP) is 5.89. The maximum Gasteiger partial charge on any atom is 0.142 e. The number of nitrogens with one attached hydrogen (secondary N) is 1. The van der Waals surface area contributed by atoms with Gasteiger partial charge in [0, 0.05) is 21.0 Å². The van der Waals surface area contributed by atoms with Crippen molar-refractivity contribution >= 4 is 51.6 Å². The summed E-state index contributed by atoms with van der Waals surface area (Å²) in [7, 11) is 1.56. The smallest absolute Gasteiger partial charge is 0.142 e. The molecule has 0 atom stereocenters. The van der Waals surface area contributed by atoms with Crippen LogP contribution in [0.2, 0.25) is 10.0 Å². The first-order chi connectivity index (χ1) is 13.5. The summed E-state index contributed by atoms with van der Waals surface area (Å²) in [6.07, 6.45) is 0. The highest BCUT2D eigenvalue weighted by Crippen LogP contribution is 2.38. The largest absolute Gasteiger partial charge is 0.510 e. The second kappa shape index (κ2) is 7.47. The lowest BCUT2D eigenvalue weighted by Crippen LogP contribution is -2.26. The van der Waals surface area contributed by atoms with Crippen LogP contribution < -0.4 is 9.64 Å². The molecule has 2 N–H and O–H groups in total. The lowest BCUT2D eigenvalue weighted by molar-refractivity contribution is 0.407. The minimum absolute atomic E-state index is 0.0871. The molecular weight excluding hydrogens is 417 g/mol. The van der Waals surface area contributed by atoms with E-state index in [0.29, 0.717) is 32.1 Å². The average Bonchev–Trinajstić information content (AvgIpc) is 3.26. The fraction of sp³-hybridized carbons (Fsp3) is 0.100. The number of rotatable bonds is 4. The molecule has 5 nitrogen and oxygen atoms in total. The van der Waals surface area contributed by atoms with Crippen LogP contribution in [0.1, 0.15) is 5.01 Å². The Bertz CT molecular complexity index is 1090. The second-order valence-corrected chi connectivity index (χ2v) is 7.85. The summed E-state index contributed by atoms with van der Waals surface area (Å²) in [5.74, 6) is 0.809. The number of thiazole rings is 1. The van der Waals surface area contributed by atoms with Gasteiger partial charge in [-0.25, -0.2) is 4.98 Å². The van der Waals surface area contributed by atoms with Crippen molar-refractivity contribution in [3.05, 3.63) is 68.7 Å². The van der Waals surface area contributed by atoms with Gasteiger partial charge < -0.3 is 14.7 Å². The molecule has 3 aromatic rings. The molecule has 0 aliphatic carbocycles. The van der Waals surface area contributed by atoms with Crippen LogP contribution in [0, 0.1) is 5.41 Å². The van der Waals surface area contributed by atoms with Gasteiger partial charge in [0.05, 0.1) is 30.6 Å². The Labute approximate surface area is 175 Å². The standard InChI is InChI=1S/C20H15Cl2N3O2S/c1-27-17-7-6-13(22)8-15(17)25-9-16(26)18(19(25)23)20-24-14(10-28-20)11-2-4-12(21)5-3-11/h2-8,10,23,26H,9H2,1H3. The minimum atomic E-state index is 0.0871. The first-order valence-electron chi connectivity index (χ1n) is 8.32. The van der Waals surface area contributed by atoms with E-state index < -0.39 is 0 Å². The van der Waals surface area contributed by atoms with Gasteiger partial charge in [-0.3, -0.25) is 5.41 Å². The van der Waals surface area contributed by atoms with Crippen molar-refractivity contribution < 1.29 is 9.84 Å². The molecule has 8 heteroatoms. The van der Waals surface area contributed by atoms with Gasteiger partial charge in [0.25, 0.3) is 0 Å². The molecule has 0 saturated carbocycles. The van der Waals surface area contributed by atoms with E-state index in [-0.39, 0.29) is 18.1 Å². The van der Waals surface area contributed by atoms with Crippen molar-refractivity contribution in [2.24, 2.45) is 0 Å². The number of anilines is 1. The third-order valence-electron chi connectivity index (χ3n) is 4.39. The van der Waals surface area contributed by atoms with Crippen molar-refractivity contribution in [2.45, 2.75) is 0 Å². The number of amidine groups is 1. The van der Waals surface area contributed by atoms with Crippen molar-refractivity contribution in [1.29, 1.82) is 5.41 Å². The number of hydrogen-bond donors (Lipinski definition) is 2. The maximum absolute atomic E-state index is 10.6. The number of hydrogen-bond acceptors (Lipinski definition) is 5. The van der Waals surface area contributed by atoms with E-state index in [4.69, 9.17) is 33.3 Å². The Hall–Kier alpha value is -2.54. The lowest BCUT2D eigenvalue weighted by Gasteiger charge is -2.21. The molecule has 0 bridgehead atoms. The Morgan fingerprint density at radius 2 is 1.86 bits per heavy atom. The van der Waals surface area contributed by atoms with Crippen LogP contribution in [0.4, 0.5) is 5.69 Å². The third-order valence-corrected chi connectivity index (χ3v) is 5.74. The number of aliphatic hydroxyl groups excluding tert-OH is 1. The number of nitrogens with zero attached hydrogens (tertiary/aromatic N) is 2. The minimum Gasteiger partial charge on any atom is -0.510 e. The molecular formula is C20H15Cl2N3O2S. The fourth-order valence-electron chi connectivity index (χ4n) is 3.03. The highest BCUT2D eigenvalue weighted by Gasteiger charge is 2.32. The number of benzene rings is 2. The monoisotopic (exact) mass is 431 g/mol. The first kappa shape index (κ1) is 18.8. The van der Waals surface area contributed by atoms with Gasteiger partial charge in [0.1, 0.15) is 22.4 Å². The summed E-state index contributed by atoms with van der Waals surface area (Å²) in [5, 5.41) is 22.8. The van der Waals surface area contributed by atoms with Gasteiger partial charge in [-0.2, -0.15) is 0 Å². The Morgan fingerprint density at radius 1 is 1.14 bits per heavy atom. The normalized spacial score (nSPS) is 14.1. The summed E-state index contributed by atoms with van der Waals surface area (Å²) < 4.78 is 5.39. The SMILES string of the molecule is COc1ccc(Cl)cc1N1CC(O)=C(c2nc(-c3ccc(Cl)cc3)cs2)C1=N. The van der Waals surface area contributed by atoms with Crippen LogP contribution in [0.5, 0.6) is 5.75 Å². The topological polar surface area (TPSA) is 69.4 Å².